The topological polar surface area (TPSA) is 75.5 Å². The highest BCUT2D eigenvalue weighted by Gasteiger charge is 2.23. The molecule has 0 aliphatic heterocycles. The predicted molar refractivity (Wildman–Crippen MR) is 119 cm³/mol. The van der Waals surface area contributed by atoms with Crippen molar-refractivity contribution < 1.29 is 9.13 Å². The van der Waals surface area contributed by atoms with Crippen LogP contribution in [-0.2, 0) is 18.3 Å². The number of imidazole rings is 2. The van der Waals surface area contributed by atoms with E-state index in [4.69, 9.17) is 4.74 Å². The monoisotopic (exact) mass is 433 g/mol. The van der Waals surface area contributed by atoms with Gasteiger partial charge in [0.2, 0.25) is 5.78 Å². The molecule has 0 aliphatic carbocycles. The summed E-state index contributed by atoms with van der Waals surface area (Å²) in [6.45, 7) is 0.332. The summed E-state index contributed by atoms with van der Waals surface area (Å²) < 4.78 is 25.7. The number of hydrogen-bond acceptors (Lipinski definition) is 4. The van der Waals surface area contributed by atoms with Gasteiger partial charge in [0.1, 0.15) is 5.82 Å². The number of benzene rings is 2. The third-order valence-electron chi connectivity index (χ3n) is 5.53. The Hall–Kier alpha value is -3.98. The van der Waals surface area contributed by atoms with Crippen LogP contribution < -0.4 is 11.2 Å². The molecule has 0 amide bonds. The van der Waals surface area contributed by atoms with Gasteiger partial charge in [-0.25, -0.2) is 9.18 Å². The number of nitrogens with zero attached hydrogens (tertiary/aromatic N) is 5. The summed E-state index contributed by atoms with van der Waals surface area (Å²) in [6, 6.07) is 15.8. The zero-order valence-corrected chi connectivity index (χ0v) is 17.5. The minimum absolute atomic E-state index is 0.116. The molecule has 3 heterocycles. The van der Waals surface area contributed by atoms with Crippen LogP contribution in [0.15, 0.2) is 70.4 Å². The quantitative estimate of drug-likeness (QED) is 0.427. The lowest BCUT2D eigenvalue weighted by Crippen LogP contribution is -2.40. The molecule has 5 rings (SSSR count). The van der Waals surface area contributed by atoms with E-state index in [1.54, 1.807) is 40.4 Å². The third kappa shape index (κ3) is 2.89. The molecule has 0 fully saturated rings. The van der Waals surface area contributed by atoms with Crippen molar-refractivity contribution in [3.63, 3.8) is 0 Å². The first-order valence-electron chi connectivity index (χ1n) is 10.1. The lowest BCUT2D eigenvalue weighted by atomic mass is 10.1. The van der Waals surface area contributed by atoms with E-state index in [9.17, 15) is 14.0 Å². The van der Waals surface area contributed by atoms with Gasteiger partial charge in [-0.3, -0.25) is 22.9 Å². The third-order valence-corrected chi connectivity index (χ3v) is 5.53. The summed E-state index contributed by atoms with van der Waals surface area (Å²) in [5.74, 6) is -0.0956. The van der Waals surface area contributed by atoms with Gasteiger partial charge in [-0.15, -0.1) is 0 Å². The molecule has 9 heteroatoms. The normalized spacial score (nSPS) is 11.6. The van der Waals surface area contributed by atoms with Crippen LogP contribution in [0.1, 0.15) is 0 Å². The van der Waals surface area contributed by atoms with Crippen LogP contribution in [0, 0.1) is 5.82 Å². The molecule has 0 N–H and O–H groups in total. The van der Waals surface area contributed by atoms with Crippen molar-refractivity contribution in [1.29, 1.82) is 0 Å². The van der Waals surface area contributed by atoms with Gasteiger partial charge < -0.3 is 4.74 Å². The molecule has 0 radical (unpaired) electrons. The summed E-state index contributed by atoms with van der Waals surface area (Å²) in [7, 11) is 3.07. The predicted octanol–water partition coefficient (Wildman–Crippen LogP) is 2.59. The number of hydrogen-bond donors (Lipinski definition) is 0. The lowest BCUT2D eigenvalue weighted by Gasteiger charge is -2.10. The highest BCUT2D eigenvalue weighted by molar-refractivity contribution is 5.79. The maximum Gasteiger partial charge on any atom is 0.332 e. The Morgan fingerprint density at radius 3 is 2.47 bits per heavy atom. The summed E-state index contributed by atoms with van der Waals surface area (Å²) >= 11 is 0. The first kappa shape index (κ1) is 20.0. The number of aryl methyl sites for hydroxylation is 1. The van der Waals surface area contributed by atoms with Gasteiger partial charge in [0, 0.05) is 25.9 Å². The van der Waals surface area contributed by atoms with E-state index in [0.29, 0.717) is 17.2 Å². The fraction of sp³-hybridized carbons (Fsp3) is 0.174. The minimum Gasteiger partial charge on any atom is -0.383 e. The van der Waals surface area contributed by atoms with Crippen molar-refractivity contribution in [3.8, 4) is 16.9 Å². The van der Waals surface area contributed by atoms with Crippen LogP contribution in [0.5, 0.6) is 0 Å². The number of ether oxygens (including phenoxy) is 1. The molecule has 162 valence electrons. The highest BCUT2D eigenvalue weighted by atomic mass is 19.1. The van der Waals surface area contributed by atoms with Crippen LogP contribution in [0.3, 0.4) is 0 Å². The molecule has 0 atom stereocenters. The van der Waals surface area contributed by atoms with Crippen LogP contribution in [-0.4, -0.2) is 36.8 Å². The summed E-state index contributed by atoms with van der Waals surface area (Å²) in [5.41, 5.74) is 1.30. The van der Waals surface area contributed by atoms with E-state index in [0.717, 1.165) is 10.1 Å². The number of fused-ring (bicyclic) bond motifs is 3. The van der Waals surface area contributed by atoms with Gasteiger partial charge >= 0.3 is 5.69 Å². The largest absolute Gasteiger partial charge is 0.383 e. The van der Waals surface area contributed by atoms with Crippen LogP contribution in [0.4, 0.5) is 4.39 Å². The van der Waals surface area contributed by atoms with Gasteiger partial charge in [0.25, 0.3) is 5.56 Å². The second kappa shape index (κ2) is 7.61. The van der Waals surface area contributed by atoms with Gasteiger partial charge in [-0.1, -0.05) is 42.5 Å². The average molecular weight is 433 g/mol. The van der Waals surface area contributed by atoms with E-state index in [-0.39, 0.29) is 24.3 Å². The van der Waals surface area contributed by atoms with E-state index < -0.39 is 17.1 Å². The fourth-order valence-corrected chi connectivity index (χ4v) is 3.96. The van der Waals surface area contributed by atoms with Gasteiger partial charge in [0.15, 0.2) is 11.2 Å². The molecule has 0 saturated heterocycles. The average Bonchev–Trinajstić information content (AvgIpc) is 3.35. The van der Waals surface area contributed by atoms with Crippen molar-refractivity contribution in [2.45, 2.75) is 6.54 Å². The summed E-state index contributed by atoms with van der Waals surface area (Å²) in [5, 5.41) is 0. The Balaban J connectivity index is 1.93. The lowest BCUT2D eigenvalue weighted by molar-refractivity contribution is 0.184. The van der Waals surface area contributed by atoms with Gasteiger partial charge in [-0.2, -0.15) is 4.98 Å². The van der Waals surface area contributed by atoms with Gasteiger partial charge in [0.05, 0.1) is 24.5 Å². The highest BCUT2D eigenvalue weighted by Crippen LogP contribution is 2.29. The number of rotatable bonds is 5. The molecule has 0 aliphatic rings. The van der Waals surface area contributed by atoms with Crippen LogP contribution in [0.25, 0.3) is 33.9 Å². The van der Waals surface area contributed by atoms with Crippen molar-refractivity contribution in [2.75, 3.05) is 13.7 Å². The Morgan fingerprint density at radius 1 is 1.03 bits per heavy atom. The van der Waals surface area contributed by atoms with Crippen molar-refractivity contribution in [2.24, 2.45) is 7.05 Å². The molecular weight excluding hydrogens is 413 g/mol. The first-order valence-corrected chi connectivity index (χ1v) is 10.1. The molecule has 0 bridgehead atoms. The zero-order valence-electron chi connectivity index (χ0n) is 17.5. The Labute approximate surface area is 181 Å². The molecule has 0 spiro atoms. The second-order valence-electron chi connectivity index (χ2n) is 7.41. The van der Waals surface area contributed by atoms with E-state index >= 15 is 0 Å². The van der Waals surface area contributed by atoms with E-state index in [2.05, 4.69) is 4.98 Å². The zero-order chi connectivity index (χ0) is 22.4. The first-order chi connectivity index (χ1) is 15.5. The standard InChI is InChI=1S/C23H20FN5O3/c1-26-20-19(21(30)27(23(26)31)12-13-32-2)28-14-18(15-8-4-3-5-9-15)29(22(28)25-20)17-11-7-6-10-16(17)24/h3-11,14H,12-13H2,1-2H3. The smallest absolute Gasteiger partial charge is 0.332 e. The van der Waals surface area contributed by atoms with Crippen LogP contribution in [0.2, 0.25) is 0 Å². The Bertz CT molecular complexity index is 1580. The second-order valence-corrected chi connectivity index (χ2v) is 7.41. The molecular formula is C23H20FN5O3. The maximum absolute atomic E-state index is 14.9. The number of methoxy groups -OCH3 is 1. The van der Waals surface area contributed by atoms with E-state index in [1.165, 1.54) is 17.7 Å². The molecule has 0 saturated carbocycles. The van der Waals surface area contributed by atoms with Crippen molar-refractivity contribution >= 4 is 16.9 Å². The maximum atomic E-state index is 14.9. The summed E-state index contributed by atoms with van der Waals surface area (Å²) in [6.07, 6.45) is 1.75. The van der Waals surface area contributed by atoms with Crippen molar-refractivity contribution in [3.05, 3.63) is 87.4 Å². The number of aromatic nitrogens is 5. The Kier molecular flexibility index (Phi) is 4.75. The molecule has 2 aromatic carbocycles. The molecule has 32 heavy (non-hydrogen) atoms. The molecule has 8 nitrogen and oxygen atoms in total. The van der Waals surface area contributed by atoms with Crippen molar-refractivity contribution in [1.82, 2.24) is 23.1 Å². The van der Waals surface area contributed by atoms with E-state index in [1.807, 2.05) is 30.3 Å². The number of halogens is 1. The fourth-order valence-electron chi connectivity index (χ4n) is 3.96. The number of para-hydroxylation sites is 1. The van der Waals surface area contributed by atoms with Gasteiger partial charge in [-0.05, 0) is 12.1 Å². The minimum atomic E-state index is -0.485. The Morgan fingerprint density at radius 2 is 1.75 bits per heavy atom. The molecule has 5 aromatic rings. The molecule has 3 aromatic heterocycles. The van der Waals surface area contributed by atoms with Crippen LogP contribution >= 0.6 is 0 Å². The summed E-state index contributed by atoms with van der Waals surface area (Å²) in [4.78, 5) is 30.7. The SMILES string of the molecule is COCCn1c(=O)c2c(nc3n(-c4ccccc4F)c(-c4ccccc4)cn23)n(C)c1=O. The molecule has 0 unspecified atom stereocenters.